The monoisotopic (exact) mass is 523 g/mol. The van der Waals surface area contributed by atoms with Crippen LogP contribution >= 0.6 is 15.9 Å². The van der Waals surface area contributed by atoms with E-state index < -0.39 is 11.9 Å². The van der Waals surface area contributed by atoms with Crippen molar-refractivity contribution in [1.82, 2.24) is 0 Å². The summed E-state index contributed by atoms with van der Waals surface area (Å²) in [5.74, 6) is -1.35. The van der Waals surface area contributed by atoms with Crippen LogP contribution in [-0.2, 0) is 9.59 Å². The molecule has 0 spiro atoms. The molecule has 34 heavy (non-hydrogen) atoms. The van der Waals surface area contributed by atoms with Gasteiger partial charge in [-0.25, -0.2) is 4.90 Å². The highest BCUT2D eigenvalue weighted by Gasteiger charge is 2.35. The number of carboxylic acids is 1. The summed E-state index contributed by atoms with van der Waals surface area (Å²) in [5.41, 5.74) is 3.52. The van der Waals surface area contributed by atoms with Gasteiger partial charge in [-0.3, -0.25) is 14.4 Å². The van der Waals surface area contributed by atoms with E-state index in [1.54, 1.807) is 48.5 Å². The molecule has 0 saturated carbocycles. The number of hydrogen-bond donors (Lipinski definition) is 2. The van der Waals surface area contributed by atoms with Crippen molar-refractivity contribution < 1.29 is 29.3 Å². The van der Waals surface area contributed by atoms with Gasteiger partial charge in [0.2, 0.25) is 0 Å². The molecule has 1 heterocycles. The zero-order chi connectivity index (χ0) is 25.0. The van der Waals surface area contributed by atoms with Gasteiger partial charge >= 0.3 is 0 Å². The Kier molecular flexibility index (Phi) is 7.53. The topological polar surface area (TPSA) is 104 Å². The number of aromatic hydroxyl groups is 1. The van der Waals surface area contributed by atoms with E-state index in [2.05, 4.69) is 15.9 Å². The molecule has 1 aliphatic rings. The first-order valence-electron chi connectivity index (χ1n) is 10.2. The molecule has 0 aromatic heterocycles. The number of carboxylic acid groups (broad SMARTS) is 1. The van der Waals surface area contributed by atoms with Crippen LogP contribution in [0.25, 0.3) is 11.6 Å². The third-order valence-electron chi connectivity index (χ3n) is 4.93. The number of carbonyl (C=O) groups excluding carboxylic acids is 2. The molecule has 4 rings (SSSR count). The molecule has 174 valence electrons. The van der Waals surface area contributed by atoms with Crippen molar-refractivity contribution in [2.75, 3.05) is 12.0 Å². The Morgan fingerprint density at radius 3 is 2.26 bits per heavy atom. The van der Waals surface area contributed by atoms with Crippen molar-refractivity contribution in [2.24, 2.45) is 0 Å². The standard InChI is InChI=1S/C24H18BrNO4.C2H4O2/c1-14-6-5-7-16(10-14)26-23(28)18-9-4-3-8-17(18)19(24(26)29)11-15-12-20(25)22(27)21(13-15)30-2;1-2(3)4/h3-13,27H,1-2H3;1H3,(H,3,4). The predicted molar refractivity (Wildman–Crippen MR) is 133 cm³/mol. The molecule has 0 bridgehead atoms. The summed E-state index contributed by atoms with van der Waals surface area (Å²) in [4.78, 5) is 36.8. The lowest BCUT2D eigenvalue weighted by Crippen LogP contribution is -2.41. The van der Waals surface area contributed by atoms with Crippen molar-refractivity contribution in [2.45, 2.75) is 13.8 Å². The van der Waals surface area contributed by atoms with Crippen LogP contribution in [0.5, 0.6) is 11.5 Å². The van der Waals surface area contributed by atoms with E-state index in [9.17, 15) is 14.7 Å². The molecule has 0 aliphatic carbocycles. The van der Waals surface area contributed by atoms with Gasteiger partial charge in [0.1, 0.15) is 0 Å². The average Bonchev–Trinajstić information content (AvgIpc) is 2.78. The van der Waals surface area contributed by atoms with Crippen LogP contribution in [0.4, 0.5) is 5.69 Å². The van der Waals surface area contributed by atoms with Gasteiger partial charge in [0.05, 0.1) is 17.3 Å². The van der Waals surface area contributed by atoms with E-state index in [0.29, 0.717) is 32.4 Å². The zero-order valence-corrected chi connectivity index (χ0v) is 20.3. The lowest BCUT2D eigenvalue weighted by Gasteiger charge is -2.29. The number of fused-ring (bicyclic) bond motifs is 1. The number of ether oxygens (including phenoxy) is 1. The Balaban J connectivity index is 0.000000751. The normalized spacial score (nSPS) is 13.8. The fourth-order valence-electron chi connectivity index (χ4n) is 3.49. The van der Waals surface area contributed by atoms with Gasteiger partial charge in [-0.15, -0.1) is 0 Å². The Hall–Kier alpha value is -3.91. The van der Waals surface area contributed by atoms with Gasteiger partial charge in [0, 0.05) is 18.1 Å². The number of phenolic OH excluding ortho intramolecular Hbond substituents is 1. The van der Waals surface area contributed by atoms with Gasteiger partial charge in [0.25, 0.3) is 17.8 Å². The van der Waals surface area contributed by atoms with E-state index >= 15 is 0 Å². The smallest absolute Gasteiger partial charge is 0.300 e. The van der Waals surface area contributed by atoms with Crippen molar-refractivity contribution in [3.8, 4) is 11.5 Å². The number of hydrogen-bond acceptors (Lipinski definition) is 5. The van der Waals surface area contributed by atoms with Gasteiger partial charge in [-0.1, -0.05) is 30.3 Å². The van der Waals surface area contributed by atoms with E-state index in [-0.39, 0.29) is 17.4 Å². The number of amides is 2. The van der Waals surface area contributed by atoms with Gasteiger partial charge in [-0.05, 0) is 76.0 Å². The minimum absolute atomic E-state index is 0.0217. The van der Waals surface area contributed by atoms with Gasteiger partial charge in [-0.2, -0.15) is 0 Å². The molecular weight excluding hydrogens is 502 g/mol. The SMILES string of the molecule is CC(=O)O.COc1cc(C=C2C(=O)N(c3cccc(C)c3)C(=O)c3ccccc32)cc(Br)c1O. The number of halogens is 1. The van der Waals surface area contributed by atoms with Gasteiger partial charge < -0.3 is 14.9 Å². The summed E-state index contributed by atoms with van der Waals surface area (Å²) in [6.45, 7) is 2.99. The minimum atomic E-state index is -0.833. The van der Waals surface area contributed by atoms with Crippen LogP contribution in [0.1, 0.15) is 34.0 Å². The maximum Gasteiger partial charge on any atom is 0.300 e. The Morgan fingerprint density at radius 1 is 1.00 bits per heavy atom. The maximum absolute atomic E-state index is 13.5. The molecule has 2 amide bonds. The number of aliphatic carboxylic acids is 1. The van der Waals surface area contributed by atoms with Crippen LogP contribution in [0, 0.1) is 6.92 Å². The van der Waals surface area contributed by atoms with E-state index in [1.807, 2.05) is 25.1 Å². The van der Waals surface area contributed by atoms with E-state index in [4.69, 9.17) is 14.6 Å². The molecule has 3 aromatic carbocycles. The number of imide groups is 1. The first-order valence-corrected chi connectivity index (χ1v) is 11.0. The Labute approximate surface area is 205 Å². The minimum Gasteiger partial charge on any atom is -0.503 e. The van der Waals surface area contributed by atoms with Crippen molar-refractivity contribution in [1.29, 1.82) is 0 Å². The molecule has 7 nitrogen and oxygen atoms in total. The highest BCUT2D eigenvalue weighted by atomic mass is 79.9. The van der Waals surface area contributed by atoms with Crippen molar-refractivity contribution in [3.05, 3.63) is 87.4 Å². The molecule has 2 N–H and O–H groups in total. The first kappa shape index (κ1) is 24.7. The molecular formula is C26H22BrNO6. The first-order chi connectivity index (χ1) is 16.1. The number of rotatable bonds is 3. The molecule has 3 aromatic rings. The molecule has 0 radical (unpaired) electrons. The molecule has 1 aliphatic heterocycles. The molecule has 0 fully saturated rings. The molecule has 0 atom stereocenters. The lowest BCUT2D eigenvalue weighted by atomic mass is 9.91. The zero-order valence-electron chi connectivity index (χ0n) is 18.7. The summed E-state index contributed by atoms with van der Waals surface area (Å²) >= 11 is 3.31. The van der Waals surface area contributed by atoms with E-state index in [0.717, 1.165) is 12.5 Å². The van der Waals surface area contributed by atoms with Crippen molar-refractivity contribution >= 4 is 51.1 Å². The predicted octanol–water partition coefficient (Wildman–Crippen LogP) is 5.29. The summed E-state index contributed by atoms with van der Waals surface area (Å²) < 4.78 is 5.66. The number of phenols is 1. The fraction of sp³-hybridized carbons (Fsp3) is 0.115. The third-order valence-corrected chi connectivity index (χ3v) is 5.53. The largest absolute Gasteiger partial charge is 0.503 e. The summed E-state index contributed by atoms with van der Waals surface area (Å²) in [5, 5.41) is 17.5. The third kappa shape index (κ3) is 5.18. The summed E-state index contributed by atoms with van der Waals surface area (Å²) in [6.07, 6.45) is 1.70. The number of anilines is 1. The number of benzene rings is 3. The van der Waals surface area contributed by atoms with Crippen LogP contribution < -0.4 is 9.64 Å². The summed E-state index contributed by atoms with van der Waals surface area (Å²) in [7, 11) is 1.46. The summed E-state index contributed by atoms with van der Waals surface area (Å²) in [6, 6.07) is 17.7. The second kappa shape index (κ2) is 10.4. The van der Waals surface area contributed by atoms with E-state index in [1.165, 1.54) is 12.0 Å². The lowest BCUT2D eigenvalue weighted by molar-refractivity contribution is -0.134. The van der Waals surface area contributed by atoms with Crippen LogP contribution in [0.3, 0.4) is 0 Å². The van der Waals surface area contributed by atoms with Crippen LogP contribution in [0.15, 0.2) is 65.1 Å². The number of aryl methyl sites for hydroxylation is 1. The average molecular weight is 524 g/mol. The van der Waals surface area contributed by atoms with Gasteiger partial charge in [0.15, 0.2) is 11.5 Å². The van der Waals surface area contributed by atoms with Crippen molar-refractivity contribution in [3.63, 3.8) is 0 Å². The number of nitrogens with zero attached hydrogens (tertiary/aromatic N) is 1. The highest BCUT2D eigenvalue weighted by molar-refractivity contribution is 9.10. The highest BCUT2D eigenvalue weighted by Crippen LogP contribution is 2.38. The van der Waals surface area contributed by atoms with Crippen LogP contribution in [0.2, 0.25) is 0 Å². The molecule has 0 unspecified atom stereocenters. The quantitative estimate of drug-likeness (QED) is 0.357. The second-order valence-electron chi connectivity index (χ2n) is 7.46. The second-order valence-corrected chi connectivity index (χ2v) is 8.32. The number of methoxy groups -OCH3 is 1. The molecule has 0 saturated heterocycles. The van der Waals surface area contributed by atoms with Crippen LogP contribution in [-0.4, -0.2) is 35.1 Å². The Bertz CT molecular complexity index is 1310. The maximum atomic E-state index is 13.5. The Morgan fingerprint density at radius 2 is 1.65 bits per heavy atom. The fourth-order valence-corrected chi connectivity index (χ4v) is 3.95. The molecule has 8 heteroatoms. The number of carbonyl (C=O) groups is 3.